The van der Waals surface area contributed by atoms with Crippen LogP contribution in [0.2, 0.25) is 0 Å². The van der Waals surface area contributed by atoms with Gasteiger partial charge >= 0.3 is 0 Å². The molecule has 0 N–H and O–H groups in total. The zero-order valence-corrected chi connectivity index (χ0v) is 14.7. The van der Waals surface area contributed by atoms with E-state index in [0.29, 0.717) is 39.6 Å². The molecule has 0 aromatic heterocycles. The summed E-state index contributed by atoms with van der Waals surface area (Å²) in [6, 6.07) is 16.3. The molecule has 27 heavy (non-hydrogen) atoms. The molecule has 2 rings (SSSR count). The topological polar surface area (TPSA) is 27.7 Å². The van der Waals surface area contributed by atoms with E-state index in [-0.39, 0.29) is 14.9 Å². The van der Waals surface area contributed by atoms with Crippen LogP contribution in [0.5, 0.6) is 0 Å². The van der Waals surface area contributed by atoms with Crippen LogP contribution >= 0.6 is 0 Å². The molecule has 0 bridgehead atoms. The summed E-state index contributed by atoms with van der Waals surface area (Å²) in [5, 5.41) is 0. The van der Waals surface area contributed by atoms with Crippen molar-refractivity contribution in [2.24, 2.45) is 0 Å². The molecule has 0 saturated heterocycles. The Bertz CT molecular complexity index is 572. The van der Waals surface area contributed by atoms with E-state index in [1.165, 1.54) is 0 Å². The van der Waals surface area contributed by atoms with Gasteiger partial charge in [0.05, 0.1) is 39.6 Å². The molecule has 0 atom stereocenters. The van der Waals surface area contributed by atoms with E-state index in [0.717, 1.165) is 22.3 Å². The van der Waals surface area contributed by atoms with E-state index in [1.807, 2.05) is 60.7 Å². The summed E-state index contributed by atoms with van der Waals surface area (Å²) < 4.78 is 16.7. The van der Waals surface area contributed by atoms with Gasteiger partial charge in [0.1, 0.15) is 0 Å². The molecule has 0 fully saturated rings. The fourth-order valence-electron chi connectivity index (χ4n) is 2.22. The van der Waals surface area contributed by atoms with E-state index in [1.54, 1.807) is 0 Å². The summed E-state index contributed by atoms with van der Waals surface area (Å²) in [5.41, 5.74) is 4.53. The van der Waals surface area contributed by atoms with Gasteiger partial charge in [-0.25, -0.2) is 0 Å². The van der Waals surface area contributed by atoms with Crippen LogP contribution in [0.3, 0.4) is 0 Å². The van der Waals surface area contributed by atoms with Crippen LogP contribution in [0.4, 0.5) is 0 Å². The minimum atomic E-state index is 0. The maximum absolute atomic E-state index is 5.59. The highest BCUT2D eigenvalue weighted by Gasteiger charge is 1.96. The molecule has 0 aliphatic heterocycles. The second-order valence-corrected chi connectivity index (χ2v) is 5.61. The van der Waals surface area contributed by atoms with Gasteiger partial charge in [-0.15, -0.1) is 0 Å². The molecule has 0 amide bonds. The Labute approximate surface area is 165 Å². The molecular formula is C24H34O3. The summed E-state index contributed by atoms with van der Waals surface area (Å²) in [6.07, 6.45) is 3.66. The van der Waals surface area contributed by atoms with Gasteiger partial charge in [-0.05, 0) is 22.3 Å². The predicted molar refractivity (Wildman–Crippen MR) is 117 cm³/mol. The largest absolute Gasteiger partial charge is 0.377 e. The molecule has 3 nitrogen and oxygen atoms in total. The molecule has 0 saturated carbocycles. The summed E-state index contributed by atoms with van der Waals surface area (Å²) in [6.45, 7) is 11.0. The van der Waals surface area contributed by atoms with Crippen molar-refractivity contribution >= 4 is 12.2 Å². The van der Waals surface area contributed by atoms with Crippen LogP contribution in [0, 0.1) is 0 Å². The van der Waals surface area contributed by atoms with Gasteiger partial charge in [0, 0.05) is 0 Å². The lowest BCUT2D eigenvalue weighted by atomic mass is 10.1. The molecule has 0 aliphatic rings. The van der Waals surface area contributed by atoms with Crippen molar-refractivity contribution in [2.75, 3.05) is 26.4 Å². The minimum Gasteiger partial charge on any atom is -0.377 e. The Morgan fingerprint density at radius 2 is 0.889 bits per heavy atom. The van der Waals surface area contributed by atoms with E-state index in [2.05, 4.69) is 13.2 Å². The summed E-state index contributed by atoms with van der Waals surface area (Å²) >= 11 is 0. The third kappa shape index (κ3) is 9.90. The number of rotatable bonds is 12. The van der Waals surface area contributed by atoms with Gasteiger partial charge in [-0.3, -0.25) is 0 Å². The normalized spacial score (nSPS) is 9.78. The SMILES string of the molecule is C.C.C=Cc1ccc(COCCOCCOCc2ccc(C=C)cc2)cc1. The monoisotopic (exact) mass is 370 g/mol. The Balaban J connectivity index is 0.00000338. The van der Waals surface area contributed by atoms with Gasteiger partial charge in [0.15, 0.2) is 0 Å². The molecule has 0 radical (unpaired) electrons. The number of benzene rings is 2. The van der Waals surface area contributed by atoms with E-state index >= 15 is 0 Å². The zero-order chi connectivity index (χ0) is 17.7. The van der Waals surface area contributed by atoms with Crippen LogP contribution in [0.15, 0.2) is 61.7 Å². The van der Waals surface area contributed by atoms with Crippen LogP contribution in [0.1, 0.15) is 37.1 Å². The first-order chi connectivity index (χ1) is 12.3. The van der Waals surface area contributed by atoms with Crippen molar-refractivity contribution in [3.05, 3.63) is 83.9 Å². The maximum Gasteiger partial charge on any atom is 0.0718 e. The van der Waals surface area contributed by atoms with Gasteiger partial charge < -0.3 is 14.2 Å². The molecule has 0 aliphatic carbocycles. The van der Waals surface area contributed by atoms with Gasteiger partial charge in [-0.2, -0.15) is 0 Å². The lowest BCUT2D eigenvalue weighted by Crippen LogP contribution is -2.09. The lowest BCUT2D eigenvalue weighted by Gasteiger charge is -2.07. The molecule has 0 heterocycles. The van der Waals surface area contributed by atoms with Crippen molar-refractivity contribution in [1.82, 2.24) is 0 Å². The van der Waals surface area contributed by atoms with Crippen LogP contribution in [-0.2, 0) is 27.4 Å². The summed E-state index contributed by atoms with van der Waals surface area (Å²) in [7, 11) is 0. The van der Waals surface area contributed by atoms with Gasteiger partial charge in [0.2, 0.25) is 0 Å². The van der Waals surface area contributed by atoms with E-state index < -0.39 is 0 Å². The Kier molecular flexibility index (Phi) is 13.7. The third-order valence-corrected chi connectivity index (χ3v) is 3.71. The lowest BCUT2D eigenvalue weighted by molar-refractivity contribution is 0.00704. The van der Waals surface area contributed by atoms with Crippen molar-refractivity contribution in [3.63, 3.8) is 0 Å². The number of ether oxygens (including phenoxy) is 3. The van der Waals surface area contributed by atoms with Gasteiger partial charge in [0.25, 0.3) is 0 Å². The summed E-state index contributed by atoms with van der Waals surface area (Å²) in [4.78, 5) is 0. The zero-order valence-electron chi connectivity index (χ0n) is 14.7. The molecule has 148 valence electrons. The Hall–Kier alpha value is -2.20. The Morgan fingerprint density at radius 1 is 0.556 bits per heavy atom. The van der Waals surface area contributed by atoms with Crippen molar-refractivity contribution in [2.45, 2.75) is 28.1 Å². The fourth-order valence-corrected chi connectivity index (χ4v) is 2.22. The first kappa shape index (κ1) is 24.8. The number of hydrogen-bond donors (Lipinski definition) is 0. The molecule has 0 unspecified atom stereocenters. The second-order valence-electron chi connectivity index (χ2n) is 5.61. The average molecular weight is 371 g/mol. The fraction of sp³-hybridized carbons (Fsp3) is 0.333. The van der Waals surface area contributed by atoms with Crippen LogP contribution in [-0.4, -0.2) is 26.4 Å². The van der Waals surface area contributed by atoms with Crippen molar-refractivity contribution < 1.29 is 14.2 Å². The van der Waals surface area contributed by atoms with E-state index in [9.17, 15) is 0 Å². The highest BCUT2D eigenvalue weighted by Crippen LogP contribution is 2.07. The first-order valence-electron chi connectivity index (χ1n) is 8.48. The Morgan fingerprint density at radius 3 is 1.22 bits per heavy atom. The molecular weight excluding hydrogens is 336 g/mol. The quantitative estimate of drug-likeness (QED) is 0.429. The third-order valence-electron chi connectivity index (χ3n) is 3.71. The van der Waals surface area contributed by atoms with Crippen molar-refractivity contribution in [3.8, 4) is 0 Å². The van der Waals surface area contributed by atoms with Crippen molar-refractivity contribution in [1.29, 1.82) is 0 Å². The molecule has 2 aromatic carbocycles. The van der Waals surface area contributed by atoms with E-state index in [4.69, 9.17) is 14.2 Å². The number of hydrogen-bond acceptors (Lipinski definition) is 3. The highest BCUT2D eigenvalue weighted by atomic mass is 16.5. The maximum atomic E-state index is 5.59. The second kappa shape index (κ2) is 14.9. The smallest absolute Gasteiger partial charge is 0.0718 e. The average Bonchev–Trinajstić information content (AvgIpc) is 2.67. The van der Waals surface area contributed by atoms with Gasteiger partial charge in [-0.1, -0.05) is 88.7 Å². The molecule has 3 heteroatoms. The predicted octanol–water partition coefficient (Wildman–Crippen LogP) is 5.99. The first-order valence-corrected chi connectivity index (χ1v) is 8.48. The molecule has 0 spiro atoms. The minimum absolute atomic E-state index is 0. The molecule has 2 aromatic rings. The van der Waals surface area contributed by atoms with Crippen LogP contribution in [0.25, 0.3) is 12.2 Å². The highest BCUT2D eigenvalue weighted by molar-refractivity contribution is 5.47. The standard InChI is InChI=1S/C22H26O3.2CH4/c1-3-19-5-9-21(10-6-19)17-24-15-13-23-14-16-25-18-22-11-7-20(4-2)8-12-22;;/h3-12H,1-2,13-18H2;2*1H4. The summed E-state index contributed by atoms with van der Waals surface area (Å²) in [5.74, 6) is 0. The van der Waals surface area contributed by atoms with Crippen LogP contribution < -0.4 is 0 Å².